The van der Waals surface area contributed by atoms with Crippen molar-refractivity contribution >= 4 is 39.3 Å². The largest absolute Gasteiger partial charge is 0.350 e. The topological polar surface area (TPSA) is 104 Å². The van der Waals surface area contributed by atoms with Gasteiger partial charge in [0.05, 0.1) is 5.56 Å². The minimum atomic E-state index is -4.22. The number of halogens is 1. The number of nitrogens with one attached hydrogen (secondary N) is 1. The Bertz CT molecular complexity index is 1500. The molecule has 204 valence electrons. The van der Waals surface area contributed by atoms with Crippen LogP contribution in [0.25, 0.3) is 0 Å². The molecule has 0 aliphatic carbocycles. The molecule has 10 heteroatoms. The lowest BCUT2D eigenvalue weighted by molar-refractivity contribution is -0.141. The smallest absolute Gasteiger partial charge is 0.269 e. The summed E-state index contributed by atoms with van der Waals surface area (Å²) in [6.45, 7) is 4.73. The Morgan fingerprint density at radius 3 is 2.23 bits per heavy atom. The van der Waals surface area contributed by atoms with Gasteiger partial charge in [-0.15, -0.1) is 0 Å². The van der Waals surface area contributed by atoms with Crippen molar-refractivity contribution in [1.82, 2.24) is 14.5 Å². The molecule has 0 spiro atoms. The monoisotopic (exact) mass is 567 g/mol. The van der Waals surface area contributed by atoms with Gasteiger partial charge in [-0.2, -0.15) is 0 Å². The second-order valence-corrected chi connectivity index (χ2v) is 12.7. The zero-order valence-electron chi connectivity index (χ0n) is 21.9. The van der Waals surface area contributed by atoms with E-state index in [0.29, 0.717) is 14.9 Å². The predicted octanol–water partition coefficient (Wildman–Crippen LogP) is 4.04. The van der Waals surface area contributed by atoms with Crippen LogP contribution in [0.5, 0.6) is 0 Å². The average Bonchev–Trinajstić information content (AvgIpc) is 3.06. The van der Waals surface area contributed by atoms with E-state index in [2.05, 4.69) is 5.32 Å². The highest BCUT2D eigenvalue weighted by molar-refractivity contribution is 7.90. The molecular formula is C29H30ClN3O5S. The van der Waals surface area contributed by atoms with Crippen LogP contribution in [0.1, 0.15) is 42.3 Å². The zero-order chi connectivity index (χ0) is 28.4. The van der Waals surface area contributed by atoms with Gasteiger partial charge in [-0.3, -0.25) is 14.4 Å². The van der Waals surface area contributed by atoms with Crippen LogP contribution in [0.2, 0.25) is 5.02 Å². The molecule has 1 aliphatic heterocycles. The lowest BCUT2D eigenvalue weighted by atomic mass is 10.0. The first kappa shape index (κ1) is 28.3. The van der Waals surface area contributed by atoms with Crippen molar-refractivity contribution in [2.24, 2.45) is 0 Å². The van der Waals surface area contributed by atoms with E-state index >= 15 is 0 Å². The first-order chi connectivity index (χ1) is 18.4. The number of hydrogen-bond donors (Lipinski definition) is 1. The lowest BCUT2D eigenvalue weighted by Crippen LogP contribution is -2.56. The lowest BCUT2D eigenvalue weighted by Gasteiger charge is -2.34. The molecule has 0 radical (unpaired) electrons. The molecule has 4 rings (SSSR count). The second-order valence-electron chi connectivity index (χ2n) is 10.4. The maximum absolute atomic E-state index is 13.9. The summed E-state index contributed by atoms with van der Waals surface area (Å²) >= 11 is 6.20. The molecule has 0 fully saturated rings. The average molecular weight is 568 g/mol. The molecule has 0 saturated carbocycles. The third-order valence-corrected chi connectivity index (χ3v) is 8.22. The summed E-state index contributed by atoms with van der Waals surface area (Å²) in [7, 11) is -4.22. The number of carbonyl (C=O) groups is 3. The number of hydrogen-bond acceptors (Lipinski definition) is 5. The van der Waals surface area contributed by atoms with Crippen LogP contribution in [0.3, 0.4) is 0 Å². The molecule has 3 aromatic rings. The van der Waals surface area contributed by atoms with Gasteiger partial charge in [-0.1, -0.05) is 66.2 Å². The third-order valence-electron chi connectivity index (χ3n) is 6.20. The highest BCUT2D eigenvalue weighted by Gasteiger charge is 2.43. The van der Waals surface area contributed by atoms with E-state index in [-0.39, 0.29) is 23.4 Å². The number of nitrogens with zero attached hydrogens (tertiary/aromatic N) is 2. The van der Waals surface area contributed by atoms with Crippen molar-refractivity contribution in [2.75, 3.05) is 6.54 Å². The van der Waals surface area contributed by atoms with Crippen molar-refractivity contribution < 1.29 is 22.8 Å². The quantitative estimate of drug-likeness (QED) is 0.442. The molecule has 3 aromatic carbocycles. The van der Waals surface area contributed by atoms with Crippen molar-refractivity contribution in [3.8, 4) is 0 Å². The molecule has 39 heavy (non-hydrogen) atoms. The van der Waals surface area contributed by atoms with E-state index in [4.69, 9.17) is 11.6 Å². The van der Waals surface area contributed by atoms with E-state index in [1.54, 1.807) is 30.3 Å². The van der Waals surface area contributed by atoms with Gasteiger partial charge in [-0.25, -0.2) is 12.7 Å². The molecule has 1 atom stereocenters. The van der Waals surface area contributed by atoms with Gasteiger partial charge in [0.25, 0.3) is 15.9 Å². The first-order valence-electron chi connectivity index (χ1n) is 12.4. The Hall–Kier alpha value is -3.69. The summed E-state index contributed by atoms with van der Waals surface area (Å²) in [5.41, 5.74) is 0.884. The van der Waals surface area contributed by atoms with Gasteiger partial charge in [0.15, 0.2) is 0 Å². The minimum absolute atomic E-state index is 0.0120. The maximum Gasteiger partial charge on any atom is 0.269 e. The van der Waals surface area contributed by atoms with Gasteiger partial charge < -0.3 is 10.2 Å². The van der Waals surface area contributed by atoms with Crippen LogP contribution in [0.4, 0.5) is 0 Å². The van der Waals surface area contributed by atoms with Crippen LogP contribution < -0.4 is 5.32 Å². The molecule has 0 aromatic heterocycles. The molecule has 1 aliphatic rings. The fourth-order valence-corrected chi connectivity index (χ4v) is 6.17. The van der Waals surface area contributed by atoms with E-state index in [1.807, 2.05) is 51.1 Å². The molecule has 0 saturated heterocycles. The molecule has 0 bridgehead atoms. The number of sulfonamides is 1. The van der Waals surface area contributed by atoms with Gasteiger partial charge >= 0.3 is 0 Å². The number of fused-ring (bicyclic) bond motifs is 1. The van der Waals surface area contributed by atoms with Crippen LogP contribution in [-0.4, -0.2) is 53.5 Å². The number of benzene rings is 3. The maximum atomic E-state index is 13.9. The van der Waals surface area contributed by atoms with Crippen molar-refractivity contribution in [1.29, 1.82) is 0 Å². The SMILES string of the molecule is CC(C)(C)NC(=O)[C@@H](Cc1ccccc1)N(Cc1cccc(Cl)c1)C(=O)CN1C(=O)c2ccccc2S1(=O)=O. The Morgan fingerprint density at radius 1 is 0.949 bits per heavy atom. The van der Waals surface area contributed by atoms with Crippen LogP contribution in [-0.2, 0) is 32.6 Å². The van der Waals surface area contributed by atoms with Gasteiger partial charge in [0, 0.05) is 23.5 Å². The Kier molecular flexibility index (Phi) is 8.13. The standard InChI is InChI=1S/C29H30ClN3O5S/c1-29(2,3)31-27(35)24(17-20-10-5-4-6-11-20)32(18-21-12-9-13-22(30)16-21)26(34)19-33-28(36)23-14-7-8-15-25(23)39(33,37)38/h4-16,24H,17-19H2,1-3H3,(H,31,35)/t24-/m1/s1. The summed E-state index contributed by atoms with van der Waals surface area (Å²) in [6.07, 6.45) is 0.177. The Morgan fingerprint density at radius 2 is 1.59 bits per heavy atom. The summed E-state index contributed by atoms with van der Waals surface area (Å²) < 4.78 is 26.9. The fourth-order valence-electron chi connectivity index (χ4n) is 4.44. The van der Waals surface area contributed by atoms with Crippen molar-refractivity contribution in [3.63, 3.8) is 0 Å². The summed E-state index contributed by atoms with van der Waals surface area (Å²) in [5.74, 6) is -1.87. The highest BCUT2D eigenvalue weighted by Crippen LogP contribution is 2.30. The number of carbonyl (C=O) groups excluding carboxylic acids is 3. The first-order valence-corrected chi connectivity index (χ1v) is 14.2. The molecule has 1 N–H and O–H groups in total. The summed E-state index contributed by atoms with van der Waals surface area (Å²) in [5, 5.41) is 3.40. The molecule has 1 heterocycles. The zero-order valence-corrected chi connectivity index (χ0v) is 23.5. The number of rotatable bonds is 8. The molecule has 3 amide bonds. The Labute approximate surface area is 233 Å². The van der Waals surface area contributed by atoms with Crippen molar-refractivity contribution in [3.05, 3.63) is 101 Å². The van der Waals surface area contributed by atoms with E-state index in [0.717, 1.165) is 5.56 Å². The normalized spacial score (nSPS) is 15.0. The fraction of sp³-hybridized carbons (Fsp3) is 0.276. The summed E-state index contributed by atoms with van der Waals surface area (Å²) in [4.78, 5) is 41.8. The molecule has 8 nitrogen and oxygen atoms in total. The molecular weight excluding hydrogens is 538 g/mol. The summed E-state index contributed by atoms with van der Waals surface area (Å²) in [6, 6.07) is 20.9. The van der Waals surface area contributed by atoms with Gasteiger partial charge in [0.1, 0.15) is 17.5 Å². The van der Waals surface area contributed by atoms with Crippen molar-refractivity contribution in [2.45, 2.75) is 50.2 Å². The van der Waals surface area contributed by atoms with Gasteiger partial charge in [-0.05, 0) is 56.2 Å². The second kappa shape index (κ2) is 11.2. The van der Waals surface area contributed by atoms with Gasteiger partial charge in [0.2, 0.25) is 11.8 Å². The van der Waals surface area contributed by atoms with Crippen LogP contribution in [0.15, 0.2) is 83.8 Å². The van der Waals surface area contributed by atoms with Crippen LogP contribution >= 0.6 is 11.6 Å². The van der Waals surface area contributed by atoms with E-state index in [1.165, 1.54) is 23.1 Å². The minimum Gasteiger partial charge on any atom is -0.350 e. The molecule has 0 unspecified atom stereocenters. The predicted molar refractivity (Wildman–Crippen MR) is 148 cm³/mol. The number of amides is 3. The van der Waals surface area contributed by atoms with Crippen LogP contribution in [0, 0.1) is 0 Å². The van der Waals surface area contributed by atoms with E-state index in [9.17, 15) is 22.8 Å². The third kappa shape index (κ3) is 6.49. The Balaban J connectivity index is 1.73. The highest BCUT2D eigenvalue weighted by atomic mass is 35.5. The van der Waals surface area contributed by atoms with E-state index < -0.39 is 45.9 Å².